The second-order valence-electron chi connectivity index (χ2n) is 3.40. The number of amidine groups is 1. The summed E-state index contributed by atoms with van der Waals surface area (Å²) in [5.41, 5.74) is 7.72. The Bertz CT molecular complexity index is 402. The number of amides is 1. The van der Waals surface area contributed by atoms with Gasteiger partial charge in [-0.1, -0.05) is 12.1 Å². The number of nitrogens with two attached hydrogens (primary N) is 1. The van der Waals surface area contributed by atoms with Crippen LogP contribution in [0.1, 0.15) is 22.3 Å². The molecule has 1 aromatic rings. The predicted octanol–water partition coefficient (Wildman–Crippen LogP) is 0.564. The molecule has 0 radical (unpaired) electrons. The van der Waals surface area contributed by atoms with Crippen molar-refractivity contribution in [1.29, 1.82) is 0 Å². The van der Waals surface area contributed by atoms with Crippen LogP contribution in [0.3, 0.4) is 0 Å². The summed E-state index contributed by atoms with van der Waals surface area (Å²) in [6.07, 6.45) is 0. The van der Waals surface area contributed by atoms with Gasteiger partial charge in [0.15, 0.2) is 0 Å². The van der Waals surface area contributed by atoms with E-state index in [0.717, 1.165) is 0 Å². The molecular formula is C9H14N4O2S. The van der Waals surface area contributed by atoms with Crippen LogP contribution in [0.25, 0.3) is 0 Å². The van der Waals surface area contributed by atoms with Crippen molar-refractivity contribution in [2.45, 2.75) is 13.8 Å². The van der Waals surface area contributed by atoms with Crippen molar-refractivity contribution in [2.75, 3.05) is 6.54 Å². The van der Waals surface area contributed by atoms with Gasteiger partial charge in [-0.3, -0.25) is 4.79 Å². The molecule has 1 unspecified atom stereocenters. The second-order valence-corrected chi connectivity index (χ2v) is 4.26. The van der Waals surface area contributed by atoms with Crippen molar-refractivity contribution in [3.63, 3.8) is 0 Å². The van der Waals surface area contributed by atoms with Gasteiger partial charge in [0.05, 0.1) is 11.2 Å². The van der Waals surface area contributed by atoms with Crippen molar-refractivity contribution < 1.29 is 10.0 Å². The molecule has 0 saturated heterocycles. The van der Waals surface area contributed by atoms with Gasteiger partial charge in [-0.15, -0.1) is 11.3 Å². The number of aromatic nitrogens is 1. The van der Waals surface area contributed by atoms with E-state index in [2.05, 4.69) is 15.5 Å². The van der Waals surface area contributed by atoms with Crippen LogP contribution >= 0.6 is 11.3 Å². The van der Waals surface area contributed by atoms with Crippen LogP contribution in [-0.2, 0) is 0 Å². The zero-order chi connectivity index (χ0) is 12.1. The first-order chi connectivity index (χ1) is 7.56. The summed E-state index contributed by atoms with van der Waals surface area (Å²) in [5.74, 6) is -0.291. The van der Waals surface area contributed by atoms with Crippen LogP contribution in [0.5, 0.6) is 0 Å². The van der Waals surface area contributed by atoms with Crippen LogP contribution < -0.4 is 11.1 Å². The van der Waals surface area contributed by atoms with Crippen LogP contribution in [-0.4, -0.2) is 28.5 Å². The van der Waals surface area contributed by atoms with Crippen molar-refractivity contribution in [3.8, 4) is 0 Å². The fraction of sp³-hybridized carbons (Fsp3) is 0.444. The van der Waals surface area contributed by atoms with Crippen LogP contribution in [0, 0.1) is 12.8 Å². The first kappa shape index (κ1) is 12.4. The Morgan fingerprint density at radius 3 is 3.00 bits per heavy atom. The number of hydrogen-bond acceptors (Lipinski definition) is 5. The maximum absolute atomic E-state index is 11.7. The number of hydrogen-bond donors (Lipinski definition) is 3. The lowest BCUT2D eigenvalue weighted by molar-refractivity contribution is 0.0954. The third kappa shape index (κ3) is 2.93. The summed E-state index contributed by atoms with van der Waals surface area (Å²) in [4.78, 5) is 16.2. The molecule has 1 atom stereocenters. The Morgan fingerprint density at radius 1 is 1.81 bits per heavy atom. The van der Waals surface area contributed by atoms with Gasteiger partial charge in [0.1, 0.15) is 10.7 Å². The molecule has 16 heavy (non-hydrogen) atoms. The molecule has 0 spiro atoms. The van der Waals surface area contributed by atoms with E-state index < -0.39 is 0 Å². The monoisotopic (exact) mass is 242 g/mol. The van der Waals surface area contributed by atoms with Crippen LogP contribution in [0.15, 0.2) is 10.7 Å². The normalized spacial score (nSPS) is 13.5. The predicted molar refractivity (Wildman–Crippen MR) is 61.8 cm³/mol. The van der Waals surface area contributed by atoms with Crippen molar-refractivity contribution in [1.82, 2.24) is 10.3 Å². The number of carbonyl (C=O) groups is 1. The summed E-state index contributed by atoms with van der Waals surface area (Å²) in [6.45, 7) is 3.86. The second kappa shape index (κ2) is 5.45. The van der Waals surface area contributed by atoms with Gasteiger partial charge in [-0.05, 0) is 6.92 Å². The topological polar surface area (TPSA) is 101 Å². The van der Waals surface area contributed by atoms with Crippen molar-refractivity contribution in [3.05, 3.63) is 16.1 Å². The smallest absolute Gasteiger partial charge is 0.263 e. The largest absolute Gasteiger partial charge is 0.409 e. The lowest BCUT2D eigenvalue weighted by Crippen LogP contribution is -2.34. The fourth-order valence-corrected chi connectivity index (χ4v) is 1.77. The van der Waals surface area contributed by atoms with Crippen molar-refractivity contribution in [2.24, 2.45) is 16.8 Å². The molecule has 7 heteroatoms. The Hall–Kier alpha value is -1.63. The molecule has 1 rings (SSSR count). The Morgan fingerprint density at radius 2 is 2.50 bits per heavy atom. The number of carbonyl (C=O) groups excluding carboxylic acids is 1. The molecular weight excluding hydrogens is 228 g/mol. The highest BCUT2D eigenvalue weighted by Gasteiger charge is 2.14. The molecule has 0 aromatic carbocycles. The maximum atomic E-state index is 11.7. The average molecular weight is 242 g/mol. The molecule has 0 aliphatic carbocycles. The van der Waals surface area contributed by atoms with Gasteiger partial charge in [0, 0.05) is 12.5 Å². The minimum Gasteiger partial charge on any atom is -0.409 e. The van der Waals surface area contributed by atoms with E-state index in [1.807, 2.05) is 0 Å². The third-order valence-electron chi connectivity index (χ3n) is 2.14. The zero-order valence-corrected chi connectivity index (χ0v) is 9.91. The minimum atomic E-state index is -0.206. The van der Waals surface area contributed by atoms with Crippen molar-refractivity contribution >= 4 is 23.1 Å². The quantitative estimate of drug-likeness (QED) is 0.311. The van der Waals surface area contributed by atoms with E-state index in [9.17, 15) is 4.79 Å². The van der Waals surface area contributed by atoms with Crippen LogP contribution in [0.2, 0.25) is 0 Å². The van der Waals surface area contributed by atoms with E-state index in [1.54, 1.807) is 19.4 Å². The first-order valence-corrected chi connectivity index (χ1v) is 5.60. The molecule has 4 N–H and O–H groups in total. The highest BCUT2D eigenvalue weighted by molar-refractivity contribution is 7.11. The number of rotatable bonds is 4. The number of oxime groups is 1. The van der Waals surface area contributed by atoms with Gasteiger partial charge in [-0.2, -0.15) is 0 Å². The van der Waals surface area contributed by atoms with E-state index in [4.69, 9.17) is 10.9 Å². The van der Waals surface area contributed by atoms with E-state index in [-0.39, 0.29) is 17.7 Å². The highest BCUT2D eigenvalue weighted by atomic mass is 32.1. The summed E-state index contributed by atoms with van der Waals surface area (Å²) in [6, 6.07) is 0. The van der Waals surface area contributed by atoms with Gasteiger partial charge in [0.2, 0.25) is 0 Å². The molecule has 0 bridgehead atoms. The average Bonchev–Trinajstić information content (AvgIpc) is 2.70. The molecule has 0 aliphatic heterocycles. The molecule has 0 fully saturated rings. The van der Waals surface area contributed by atoms with E-state index >= 15 is 0 Å². The first-order valence-electron chi connectivity index (χ1n) is 4.72. The molecule has 0 aliphatic rings. The van der Waals surface area contributed by atoms with E-state index in [0.29, 0.717) is 17.1 Å². The van der Waals surface area contributed by atoms with E-state index in [1.165, 1.54) is 11.3 Å². The van der Waals surface area contributed by atoms with Gasteiger partial charge in [-0.25, -0.2) is 4.98 Å². The molecule has 88 valence electrons. The third-order valence-corrected chi connectivity index (χ3v) is 3.07. The minimum absolute atomic E-state index is 0.0985. The number of nitrogens with zero attached hydrogens (tertiary/aromatic N) is 2. The lowest BCUT2D eigenvalue weighted by Gasteiger charge is -2.10. The molecule has 1 amide bonds. The molecule has 1 aromatic heterocycles. The Labute approximate surface area is 97.2 Å². The highest BCUT2D eigenvalue weighted by Crippen LogP contribution is 2.11. The maximum Gasteiger partial charge on any atom is 0.263 e. The summed E-state index contributed by atoms with van der Waals surface area (Å²) in [5, 5.41) is 14.0. The van der Waals surface area contributed by atoms with Gasteiger partial charge < -0.3 is 16.3 Å². The summed E-state index contributed by atoms with van der Waals surface area (Å²) < 4.78 is 0. The SMILES string of the molecule is Cc1ncsc1C(=O)NCC(C)C(N)=NO. The molecule has 1 heterocycles. The zero-order valence-electron chi connectivity index (χ0n) is 9.10. The standard InChI is InChI=1S/C9H14N4O2S/c1-5(8(10)13-15)3-11-9(14)7-6(2)12-4-16-7/h4-5,15H,3H2,1-2H3,(H2,10,13)(H,11,14). The number of nitrogens with one attached hydrogen (secondary N) is 1. The summed E-state index contributed by atoms with van der Waals surface area (Å²) in [7, 11) is 0. The van der Waals surface area contributed by atoms with Gasteiger partial charge in [0.25, 0.3) is 5.91 Å². The molecule has 0 saturated carbocycles. The Kier molecular flexibility index (Phi) is 4.24. The number of aryl methyl sites for hydroxylation is 1. The summed E-state index contributed by atoms with van der Waals surface area (Å²) >= 11 is 1.29. The lowest BCUT2D eigenvalue weighted by atomic mass is 10.1. The fourth-order valence-electron chi connectivity index (χ4n) is 1.05. The van der Waals surface area contributed by atoms with Crippen LogP contribution in [0.4, 0.5) is 0 Å². The van der Waals surface area contributed by atoms with Gasteiger partial charge >= 0.3 is 0 Å². The Balaban J connectivity index is 2.51. The number of thiazole rings is 1. The molecule has 6 nitrogen and oxygen atoms in total.